The highest BCUT2D eigenvalue weighted by Crippen LogP contribution is 2.21. The Labute approximate surface area is 84.0 Å². The highest BCUT2D eigenvalue weighted by Gasteiger charge is 2.02. The van der Waals surface area contributed by atoms with Crippen LogP contribution in [0.2, 0.25) is 0 Å². The third kappa shape index (κ3) is 1.69. The Kier molecular flexibility index (Phi) is 2.35. The van der Waals surface area contributed by atoms with Gasteiger partial charge in [-0.05, 0) is 26.0 Å². The monoisotopic (exact) mass is 187 g/mol. The average Bonchev–Trinajstić information content (AvgIpc) is 2.18. The summed E-state index contributed by atoms with van der Waals surface area (Å²) in [6, 6.07) is 8.85. The lowest BCUT2D eigenvalue weighted by molar-refractivity contribution is -0.375. The first kappa shape index (κ1) is 9.00. The molecule has 0 spiro atoms. The van der Waals surface area contributed by atoms with Gasteiger partial charge in [0.25, 0.3) is 0 Å². The lowest BCUT2D eigenvalue weighted by Crippen LogP contribution is -2.10. The molecule has 1 aromatic carbocycles. The molecule has 0 saturated carbocycles. The second-order valence-electron chi connectivity index (χ2n) is 3.75. The van der Waals surface area contributed by atoms with Crippen molar-refractivity contribution in [3.63, 3.8) is 0 Å². The molecule has 0 bridgehead atoms. The van der Waals surface area contributed by atoms with E-state index >= 15 is 0 Å². The first-order chi connectivity index (χ1) is 6.77. The summed E-state index contributed by atoms with van der Waals surface area (Å²) in [5.74, 6) is 0. The number of pyridine rings is 1. The third-order valence-electron chi connectivity index (χ3n) is 2.17. The maximum absolute atomic E-state index is 3.43. The summed E-state index contributed by atoms with van der Waals surface area (Å²) >= 11 is 0. The predicted molar refractivity (Wildman–Crippen MR) is 59.3 cm³/mol. The molecule has 0 aliphatic rings. The fraction of sp³-hybridized carbons (Fsp3) is 0.250. The van der Waals surface area contributed by atoms with Crippen LogP contribution in [0.4, 0.5) is 5.69 Å². The van der Waals surface area contributed by atoms with Gasteiger partial charge in [-0.3, -0.25) is 0 Å². The van der Waals surface area contributed by atoms with Gasteiger partial charge in [0.15, 0.2) is 12.4 Å². The normalized spacial score (nSPS) is 10.8. The summed E-state index contributed by atoms with van der Waals surface area (Å²) in [5, 5.41) is 5.93. The van der Waals surface area contributed by atoms with Crippen molar-refractivity contribution >= 4 is 16.5 Å². The lowest BCUT2D eigenvalue weighted by atomic mass is 10.1. The molecular formula is C12H15N2+. The van der Waals surface area contributed by atoms with Crippen LogP contribution in [0.3, 0.4) is 0 Å². The summed E-state index contributed by atoms with van der Waals surface area (Å²) in [5.41, 5.74) is 1.20. The number of H-pyrrole nitrogens is 1. The van der Waals surface area contributed by atoms with Crippen molar-refractivity contribution in [3.8, 4) is 0 Å². The maximum atomic E-state index is 3.43. The molecule has 2 rings (SSSR count). The third-order valence-corrected chi connectivity index (χ3v) is 2.17. The van der Waals surface area contributed by atoms with E-state index in [1.165, 1.54) is 16.5 Å². The summed E-state index contributed by atoms with van der Waals surface area (Å²) in [6.45, 7) is 4.29. The minimum Gasteiger partial charge on any atom is -0.382 e. The predicted octanol–water partition coefficient (Wildman–Crippen LogP) is 2.47. The summed E-state index contributed by atoms with van der Waals surface area (Å²) in [7, 11) is 0. The van der Waals surface area contributed by atoms with Crippen LogP contribution in [-0.2, 0) is 0 Å². The molecule has 2 heteroatoms. The van der Waals surface area contributed by atoms with E-state index < -0.39 is 0 Å². The van der Waals surface area contributed by atoms with Crippen molar-refractivity contribution in [3.05, 3.63) is 36.7 Å². The summed E-state index contributed by atoms with van der Waals surface area (Å²) in [6.07, 6.45) is 3.97. The van der Waals surface area contributed by atoms with E-state index in [2.05, 4.69) is 48.4 Å². The molecule has 0 fully saturated rings. The number of fused-ring (bicyclic) bond motifs is 1. The SMILES string of the molecule is CC(C)Nc1cccc2c[nH+]ccc12. The van der Waals surface area contributed by atoms with Gasteiger partial charge in [0.05, 0.1) is 0 Å². The van der Waals surface area contributed by atoms with Crippen molar-refractivity contribution in [2.45, 2.75) is 19.9 Å². The molecule has 0 unspecified atom stereocenters. The van der Waals surface area contributed by atoms with Gasteiger partial charge in [0, 0.05) is 28.6 Å². The van der Waals surface area contributed by atoms with Gasteiger partial charge in [-0.2, -0.15) is 0 Å². The Morgan fingerprint density at radius 1 is 1.21 bits per heavy atom. The van der Waals surface area contributed by atoms with Crippen LogP contribution < -0.4 is 10.3 Å². The van der Waals surface area contributed by atoms with E-state index in [0.29, 0.717) is 6.04 Å². The highest BCUT2D eigenvalue weighted by atomic mass is 14.9. The smallest absolute Gasteiger partial charge is 0.174 e. The highest BCUT2D eigenvalue weighted by molar-refractivity contribution is 5.92. The molecule has 2 nitrogen and oxygen atoms in total. The fourth-order valence-corrected chi connectivity index (χ4v) is 1.60. The first-order valence-corrected chi connectivity index (χ1v) is 4.93. The Morgan fingerprint density at radius 2 is 2.07 bits per heavy atom. The fourth-order valence-electron chi connectivity index (χ4n) is 1.60. The molecule has 1 aromatic heterocycles. The first-order valence-electron chi connectivity index (χ1n) is 4.93. The van der Waals surface area contributed by atoms with Gasteiger partial charge in [0.2, 0.25) is 0 Å². The van der Waals surface area contributed by atoms with Gasteiger partial charge in [-0.25, -0.2) is 4.98 Å². The molecule has 1 heterocycles. The van der Waals surface area contributed by atoms with Crippen LogP contribution in [0, 0.1) is 0 Å². The minimum absolute atomic E-state index is 0.463. The Hall–Kier alpha value is -1.57. The van der Waals surface area contributed by atoms with Gasteiger partial charge in [-0.1, -0.05) is 6.07 Å². The van der Waals surface area contributed by atoms with Crippen molar-refractivity contribution < 1.29 is 4.98 Å². The van der Waals surface area contributed by atoms with E-state index in [0.717, 1.165) is 0 Å². The van der Waals surface area contributed by atoms with Crippen LogP contribution in [0.25, 0.3) is 10.8 Å². The second kappa shape index (κ2) is 3.66. The van der Waals surface area contributed by atoms with Gasteiger partial charge < -0.3 is 5.32 Å². The number of rotatable bonds is 2. The Morgan fingerprint density at radius 3 is 2.86 bits per heavy atom. The molecule has 0 aliphatic heterocycles. The van der Waals surface area contributed by atoms with Gasteiger partial charge in [-0.15, -0.1) is 0 Å². The molecule has 0 amide bonds. The van der Waals surface area contributed by atoms with Crippen LogP contribution in [-0.4, -0.2) is 6.04 Å². The zero-order valence-corrected chi connectivity index (χ0v) is 8.54. The number of aromatic amines is 1. The number of benzene rings is 1. The van der Waals surface area contributed by atoms with E-state index in [1.807, 2.05) is 12.4 Å². The number of hydrogen-bond donors (Lipinski definition) is 1. The van der Waals surface area contributed by atoms with Crippen molar-refractivity contribution in [1.82, 2.24) is 0 Å². The molecule has 14 heavy (non-hydrogen) atoms. The van der Waals surface area contributed by atoms with Gasteiger partial charge >= 0.3 is 0 Å². The topological polar surface area (TPSA) is 26.2 Å². The molecule has 0 saturated heterocycles. The van der Waals surface area contributed by atoms with Gasteiger partial charge in [0.1, 0.15) is 0 Å². The summed E-state index contributed by atoms with van der Waals surface area (Å²) in [4.78, 5) is 3.09. The number of hydrogen-bond acceptors (Lipinski definition) is 1. The number of anilines is 1. The maximum Gasteiger partial charge on any atom is 0.174 e. The number of aromatic nitrogens is 1. The van der Waals surface area contributed by atoms with Crippen molar-refractivity contribution in [2.24, 2.45) is 0 Å². The molecule has 0 aliphatic carbocycles. The van der Waals surface area contributed by atoms with E-state index in [1.54, 1.807) is 0 Å². The van der Waals surface area contributed by atoms with Crippen LogP contribution >= 0.6 is 0 Å². The standard InChI is InChI=1S/C12H14N2/c1-9(2)14-12-5-3-4-10-8-13-7-6-11(10)12/h3-9,14H,1-2H3/p+1. The molecule has 2 N–H and O–H groups in total. The quantitative estimate of drug-likeness (QED) is 0.768. The Bertz CT molecular complexity index is 430. The van der Waals surface area contributed by atoms with Crippen LogP contribution in [0.5, 0.6) is 0 Å². The molecular weight excluding hydrogens is 172 g/mol. The lowest BCUT2D eigenvalue weighted by Gasteiger charge is -2.11. The van der Waals surface area contributed by atoms with E-state index in [9.17, 15) is 0 Å². The minimum atomic E-state index is 0.463. The molecule has 72 valence electrons. The van der Waals surface area contributed by atoms with Crippen molar-refractivity contribution in [2.75, 3.05) is 5.32 Å². The summed E-state index contributed by atoms with van der Waals surface area (Å²) < 4.78 is 0. The largest absolute Gasteiger partial charge is 0.382 e. The van der Waals surface area contributed by atoms with E-state index in [4.69, 9.17) is 0 Å². The Balaban J connectivity index is 2.53. The zero-order chi connectivity index (χ0) is 9.97. The zero-order valence-electron chi connectivity index (χ0n) is 8.54. The molecule has 0 atom stereocenters. The van der Waals surface area contributed by atoms with Crippen molar-refractivity contribution in [1.29, 1.82) is 0 Å². The average molecular weight is 187 g/mol. The van der Waals surface area contributed by atoms with Crippen LogP contribution in [0.1, 0.15) is 13.8 Å². The van der Waals surface area contributed by atoms with E-state index in [-0.39, 0.29) is 0 Å². The second-order valence-corrected chi connectivity index (χ2v) is 3.75. The molecule has 0 radical (unpaired) electrons. The molecule has 2 aromatic rings. The van der Waals surface area contributed by atoms with Crippen LogP contribution in [0.15, 0.2) is 36.7 Å². The number of nitrogens with one attached hydrogen (secondary N) is 2.